The van der Waals surface area contributed by atoms with E-state index in [0.717, 1.165) is 56.3 Å². The Labute approximate surface area is 254 Å². The summed E-state index contributed by atoms with van der Waals surface area (Å²) in [5, 5.41) is 25.2. The maximum atomic E-state index is 14.2. The predicted octanol–water partition coefficient (Wildman–Crippen LogP) is 3.70. The van der Waals surface area contributed by atoms with E-state index in [9.17, 15) is 24.3 Å². The molecule has 1 aliphatic carbocycles. The lowest BCUT2D eigenvalue weighted by Gasteiger charge is -2.30. The highest BCUT2D eigenvalue weighted by Gasteiger charge is 2.61. The first kappa shape index (κ1) is 32.5. The Morgan fingerprint density at radius 3 is 2.40 bits per heavy atom. The number of amides is 3. The molecule has 1 saturated carbocycles. The molecule has 0 spiro atoms. The van der Waals surface area contributed by atoms with E-state index in [1.54, 1.807) is 25.6 Å². The molecule has 2 fully saturated rings. The van der Waals surface area contributed by atoms with Crippen LogP contribution in [0.5, 0.6) is 0 Å². The van der Waals surface area contributed by atoms with Gasteiger partial charge in [0, 0.05) is 18.9 Å². The molecular formula is C31H48N6O6. The summed E-state index contributed by atoms with van der Waals surface area (Å²) in [5.74, 6) is -2.30. The Morgan fingerprint density at radius 2 is 1.79 bits per heavy atom. The molecule has 4 rings (SSSR count). The van der Waals surface area contributed by atoms with Crippen molar-refractivity contribution in [1.82, 2.24) is 30.5 Å². The third kappa shape index (κ3) is 7.75. The molecule has 12 heteroatoms. The number of aryl methyl sites for hydroxylation is 2. The van der Waals surface area contributed by atoms with Gasteiger partial charge in [0.2, 0.25) is 11.8 Å². The van der Waals surface area contributed by atoms with Crippen LogP contribution >= 0.6 is 0 Å². The Balaban J connectivity index is 1.66. The van der Waals surface area contributed by atoms with Gasteiger partial charge in [0.1, 0.15) is 23.2 Å². The summed E-state index contributed by atoms with van der Waals surface area (Å²) in [4.78, 5) is 56.2. The van der Waals surface area contributed by atoms with E-state index in [0.29, 0.717) is 19.3 Å². The Bertz CT molecular complexity index is 1200. The molecule has 5 atom stereocenters. The van der Waals surface area contributed by atoms with Gasteiger partial charge in [-0.2, -0.15) is 15.0 Å². The van der Waals surface area contributed by atoms with Crippen molar-refractivity contribution in [2.75, 3.05) is 6.54 Å². The number of aromatic nitrogens is 3. The molecule has 1 aromatic rings. The number of carboxylic acids is 1. The van der Waals surface area contributed by atoms with Crippen LogP contribution < -0.4 is 10.6 Å². The van der Waals surface area contributed by atoms with Crippen LogP contribution in [0.1, 0.15) is 110 Å². The molecule has 3 aliphatic rings. The molecule has 3 heterocycles. The number of alkyl carbamates (subject to hydrolysis) is 1. The highest BCUT2D eigenvalue weighted by molar-refractivity contribution is 5.96. The molecule has 2 aliphatic heterocycles. The van der Waals surface area contributed by atoms with Crippen molar-refractivity contribution in [3.8, 4) is 0 Å². The van der Waals surface area contributed by atoms with E-state index < -0.39 is 47.1 Å². The van der Waals surface area contributed by atoms with Crippen LogP contribution in [0.15, 0.2) is 12.2 Å². The van der Waals surface area contributed by atoms with E-state index in [1.165, 1.54) is 4.90 Å². The lowest BCUT2D eigenvalue weighted by Crippen LogP contribution is -2.56. The molecule has 3 amide bonds. The number of hydrogen-bond donors (Lipinski definition) is 3. The fourth-order valence-corrected chi connectivity index (χ4v) is 6.11. The quantitative estimate of drug-likeness (QED) is 0.400. The van der Waals surface area contributed by atoms with Crippen LogP contribution in [0.25, 0.3) is 0 Å². The summed E-state index contributed by atoms with van der Waals surface area (Å²) in [6.07, 6.45) is 10.7. The molecular weight excluding hydrogens is 552 g/mol. The highest BCUT2D eigenvalue weighted by Crippen LogP contribution is 2.45. The van der Waals surface area contributed by atoms with Crippen molar-refractivity contribution >= 4 is 23.9 Å². The Morgan fingerprint density at radius 1 is 1.12 bits per heavy atom. The summed E-state index contributed by atoms with van der Waals surface area (Å²) in [5.41, 5.74) is -0.288. The standard InChI is InChI=1S/C31H48N6O6/c1-6-13-22-23(14-7-2)35-37(34-22)21-17-25-26(38)33-31(28(40)41)18-20(31)15-11-9-8-10-12-16-24(27(39)36(25)19-21)32-29(42)43-30(3,4)5/h11,15,20-21,24-25H,6-10,12-14,16-19H2,1-5H3,(H,32,42)(H,33,38)(H,40,41)/t20-,21+,24+,25+,31-/m1/s1. The van der Waals surface area contributed by atoms with Crippen molar-refractivity contribution in [2.45, 2.75) is 135 Å². The third-order valence-corrected chi connectivity index (χ3v) is 8.41. The molecule has 0 unspecified atom stereocenters. The zero-order chi connectivity index (χ0) is 31.4. The number of nitrogens with one attached hydrogen (secondary N) is 2. The number of carbonyl (C=O) groups is 4. The minimum atomic E-state index is -1.39. The van der Waals surface area contributed by atoms with Crippen LogP contribution in [0, 0.1) is 5.92 Å². The fraction of sp³-hybridized carbons (Fsp3) is 0.742. The lowest BCUT2D eigenvalue weighted by molar-refractivity contribution is -0.145. The topological polar surface area (TPSA) is 156 Å². The van der Waals surface area contributed by atoms with Gasteiger partial charge in [0.05, 0.1) is 17.4 Å². The molecule has 0 aromatic carbocycles. The van der Waals surface area contributed by atoms with Crippen LogP contribution in [0.4, 0.5) is 4.79 Å². The van der Waals surface area contributed by atoms with Crippen LogP contribution in [-0.4, -0.2) is 78.6 Å². The van der Waals surface area contributed by atoms with Gasteiger partial charge in [0.15, 0.2) is 0 Å². The number of rotatable bonds is 7. The molecule has 1 saturated heterocycles. The normalized spacial score (nSPS) is 28.3. The summed E-state index contributed by atoms with van der Waals surface area (Å²) in [6, 6.07) is -2.22. The number of aliphatic carboxylic acids is 1. The van der Waals surface area contributed by atoms with Crippen molar-refractivity contribution in [3.05, 3.63) is 23.5 Å². The van der Waals surface area contributed by atoms with Crippen molar-refractivity contribution in [3.63, 3.8) is 0 Å². The van der Waals surface area contributed by atoms with Crippen molar-refractivity contribution in [2.24, 2.45) is 5.92 Å². The summed E-state index contributed by atoms with van der Waals surface area (Å²) in [7, 11) is 0. The summed E-state index contributed by atoms with van der Waals surface area (Å²) >= 11 is 0. The number of carbonyl (C=O) groups excluding carboxylic acids is 3. The Kier molecular flexibility index (Phi) is 10.2. The lowest BCUT2D eigenvalue weighted by atomic mass is 10.0. The number of fused-ring (bicyclic) bond motifs is 2. The second-order valence-corrected chi connectivity index (χ2v) is 13.2. The number of nitrogens with zero attached hydrogens (tertiary/aromatic N) is 4. The van der Waals surface area contributed by atoms with Gasteiger partial charge in [-0.25, -0.2) is 9.59 Å². The zero-order valence-corrected chi connectivity index (χ0v) is 26.2. The van der Waals surface area contributed by atoms with Gasteiger partial charge in [0.25, 0.3) is 0 Å². The largest absolute Gasteiger partial charge is 0.479 e. The second-order valence-electron chi connectivity index (χ2n) is 13.2. The minimum absolute atomic E-state index is 0.165. The fourth-order valence-electron chi connectivity index (χ4n) is 6.11. The van der Waals surface area contributed by atoms with E-state index in [1.807, 2.05) is 12.2 Å². The van der Waals surface area contributed by atoms with Gasteiger partial charge in [-0.05, 0) is 59.3 Å². The first-order valence-electron chi connectivity index (χ1n) is 15.8. The maximum Gasteiger partial charge on any atom is 0.408 e. The molecule has 43 heavy (non-hydrogen) atoms. The molecule has 3 N–H and O–H groups in total. The highest BCUT2D eigenvalue weighted by atomic mass is 16.6. The van der Waals surface area contributed by atoms with Gasteiger partial charge >= 0.3 is 12.1 Å². The van der Waals surface area contributed by atoms with E-state index in [2.05, 4.69) is 24.5 Å². The monoisotopic (exact) mass is 600 g/mol. The molecule has 238 valence electrons. The minimum Gasteiger partial charge on any atom is -0.479 e. The van der Waals surface area contributed by atoms with Crippen molar-refractivity contribution < 1.29 is 29.0 Å². The molecule has 1 aromatic heterocycles. The average molecular weight is 601 g/mol. The number of hydrogen-bond acceptors (Lipinski definition) is 7. The summed E-state index contributed by atoms with van der Waals surface area (Å²) < 4.78 is 5.46. The molecule has 0 bridgehead atoms. The number of carboxylic acid groups (broad SMARTS) is 1. The number of allylic oxidation sites excluding steroid dienone is 1. The van der Waals surface area contributed by atoms with Crippen LogP contribution in [0.2, 0.25) is 0 Å². The van der Waals surface area contributed by atoms with Crippen LogP contribution in [0.3, 0.4) is 0 Å². The van der Waals surface area contributed by atoms with Gasteiger partial charge in [-0.3, -0.25) is 9.59 Å². The Hall–Kier alpha value is -3.44. The average Bonchev–Trinajstić information content (AvgIpc) is 3.24. The van der Waals surface area contributed by atoms with E-state index in [-0.39, 0.29) is 24.9 Å². The van der Waals surface area contributed by atoms with Gasteiger partial charge in [-0.15, -0.1) is 0 Å². The first-order chi connectivity index (χ1) is 20.4. The SMILES string of the molecule is CCCc1nn([C@H]2C[C@H]3C(=O)N[C@]4(C(=O)O)C[C@H]4C=CCCCCC[C@H](NC(=O)OC(C)(C)C)C(=O)N3C2)nc1CCC. The van der Waals surface area contributed by atoms with Gasteiger partial charge < -0.3 is 25.4 Å². The predicted molar refractivity (Wildman–Crippen MR) is 159 cm³/mol. The smallest absolute Gasteiger partial charge is 0.408 e. The van der Waals surface area contributed by atoms with Crippen LogP contribution in [-0.2, 0) is 32.0 Å². The first-order valence-corrected chi connectivity index (χ1v) is 15.8. The molecule has 0 radical (unpaired) electrons. The van der Waals surface area contributed by atoms with Crippen molar-refractivity contribution in [1.29, 1.82) is 0 Å². The second kappa shape index (κ2) is 13.5. The van der Waals surface area contributed by atoms with Gasteiger partial charge in [-0.1, -0.05) is 51.7 Å². The number of ether oxygens (including phenoxy) is 1. The summed E-state index contributed by atoms with van der Waals surface area (Å²) in [6.45, 7) is 9.59. The zero-order valence-electron chi connectivity index (χ0n) is 26.2. The maximum absolute atomic E-state index is 14.2. The molecule has 12 nitrogen and oxygen atoms in total. The van der Waals surface area contributed by atoms with E-state index in [4.69, 9.17) is 14.9 Å². The van der Waals surface area contributed by atoms with E-state index >= 15 is 0 Å². The third-order valence-electron chi connectivity index (χ3n) is 8.41.